The van der Waals surface area contributed by atoms with E-state index in [1.54, 1.807) is 0 Å². The van der Waals surface area contributed by atoms with Crippen LogP contribution in [0.15, 0.2) is 48.7 Å². The minimum Gasteiger partial charge on any atom is -0.158 e. The molecule has 0 N–H and O–H groups in total. The summed E-state index contributed by atoms with van der Waals surface area (Å²) in [6.07, 6.45) is 1.83. The van der Waals surface area contributed by atoms with Gasteiger partial charge in [-0.05, 0) is 22.2 Å². The lowest BCUT2D eigenvalue weighted by Gasteiger charge is -2.08. The molecule has 0 unspecified atom stereocenters. The van der Waals surface area contributed by atoms with Gasteiger partial charge in [0.1, 0.15) is 0 Å². The Labute approximate surface area is 116 Å². The van der Waals surface area contributed by atoms with E-state index in [2.05, 4.69) is 46.6 Å². The maximum absolute atomic E-state index is 4.18. The normalized spacial score (nSPS) is 10.4. The Morgan fingerprint density at radius 1 is 0.667 bits per heavy atom. The largest absolute Gasteiger partial charge is 0.158 e. The molecular weight excluding hydrogens is 267 g/mol. The fourth-order valence-corrected chi connectivity index (χ4v) is 2.43. The van der Waals surface area contributed by atoms with Gasteiger partial charge in [0, 0.05) is 10.8 Å². The molecule has 0 aliphatic carbocycles. The van der Waals surface area contributed by atoms with E-state index < -0.39 is 0 Å². The molecule has 0 saturated heterocycles. The molecule has 0 radical (unpaired) electrons. The van der Waals surface area contributed by atoms with Crippen LogP contribution in [0.5, 0.6) is 0 Å². The minimum absolute atomic E-state index is 0. The predicted octanol–water partition coefficient (Wildman–Crippen LogP) is 4.22. The molecule has 0 aliphatic heterocycles. The molecule has 1 aromatic heterocycles. The van der Waals surface area contributed by atoms with Gasteiger partial charge in [0.2, 0.25) is 0 Å². The van der Waals surface area contributed by atoms with Crippen molar-refractivity contribution >= 4 is 57.3 Å². The molecule has 4 rings (SSSR count). The van der Waals surface area contributed by atoms with E-state index in [-0.39, 0.29) is 24.8 Å². The first-order valence-electron chi connectivity index (χ1n) is 5.29. The Bertz CT molecular complexity index is 684. The maximum Gasteiger partial charge on any atom is 0.0942 e. The topological polar surface area (TPSA) is 25.8 Å². The zero-order chi connectivity index (χ0) is 10.5. The summed E-state index contributed by atoms with van der Waals surface area (Å²) in [5.74, 6) is 0. The Morgan fingerprint density at radius 2 is 1.33 bits per heavy atom. The predicted molar refractivity (Wildman–Crippen MR) is 80.2 cm³/mol. The molecule has 0 amide bonds. The Hall–Kier alpha value is -1.64. The second kappa shape index (κ2) is 4.56. The smallest absolute Gasteiger partial charge is 0.0942 e. The second-order valence-electron chi connectivity index (χ2n) is 4.04. The summed E-state index contributed by atoms with van der Waals surface area (Å²) < 4.78 is 0. The van der Waals surface area contributed by atoms with Gasteiger partial charge in [-0.15, -0.1) is 24.8 Å². The number of hydrogen-bond donors (Lipinski definition) is 0. The van der Waals surface area contributed by atoms with Crippen LogP contribution >= 0.6 is 24.8 Å². The van der Waals surface area contributed by atoms with Crippen LogP contribution in [0.4, 0.5) is 0 Å². The standard InChI is InChI=1S/C14H8N2.2ClH/c1-2-9-4-5-11-8-15-16-12-7-6-10(3-1)13(9)14(11)12;;/h1-8H;2*1H. The molecule has 4 heteroatoms. The highest BCUT2D eigenvalue weighted by Crippen LogP contribution is 2.32. The number of halogens is 2. The molecule has 0 spiro atoms. The summed E-state index contributed by atoms with van der Waals surface area (Å²) in [5, 5.41) is 14.4. The third kappa shape index (κ3) is 1.57. The van der Waals surface area contributed by atoms with E-state index in [0.717, 1.165) is 10.9 Å². The quantitative estimate of drug-likeness (QED) is 0.450. The van der Waals surface area contributed by atoms with Crippen LogP contribution in [0, 0.1) is 0 Å². The van der Waals surface area contributed by atoms with Gasteiger partial charge in [-0.25, -0.2) is 0 Å². The van der Waals surface area contributed by atoms with Crippen LogP contribution in [0.25, 0.3) is 32.4 Å². The van der Waals surface area contributed by atoms with E-state index in [0.29, 0.717) is 0 Å². The van der Waals surface area contributed by atoms with E-state index in [1.807, 2.05) is 12.3 Å². The van der Waals surface area contributed by atoms with Crippen LogP contribution in [0.3, 0.4) is 0 Å². The van der Waals surface area contributed by atoms with Gasteiger partial charge in [-0.3, -0.25) is 0 Å². The molecule has 0 atom stereocenters. The lowest BCUT2D eigenvalue weighted by Crippen LogP contribution is -1.87. The minimum atomic E-state index is 0. The van der Waals surface area contributed by atoms with Gasteiger partial charge in [0.25, 0.3) is 0 Å². The molecule has 2 nitrogen and oxygen atoms in total. The fraction of sp³-hybridized carbons (Fsp3) is 0. The molecule has 3 aromatic carbocycles. The van der Waals surface area contributed by atoms with Crippen molar-refractivity contribution in [3.8, 4) is 0 Å². The number of rotatable bonds is 0. The number of nitrogens with zero attached hydrogens (tertiary/aromatic N) is 2. The average Bonchev–Trinajstić information content (AvgIpc) is 2.36. The number of benzene rings is 3. The molecule has 1 heterocycles. The second-order valence-corrected chi connectivity index (χ2v) is 4.04. The molecular formula is C14H10Cl2N2. The third-order valence-corrected chi connectivity index (χ3v) is 3.15. The SMILES string of the molecule is Cl.Cl.c1cc2ccc3cnnc4ccc(c1)c2c34. The summed E-state index contributed by atoms with van der Waals surface area (Å²) in [6, 6.07) is 14.8. The lowest BCUT2D eigenvalue weighted by atomic mass is 9.98. The summed E-state index contributed by atoms with van der Waals surface area (Å²) in [6.45, 7) is 0. The van der Waals surface area contributed by atoms with Gasteiger partial charge < -0.3 is 0 Å². The van der Waals surface area contributed by atoms with Gasteiger partial charge >= 0.3 is 0 Å². The van der Waals surface area contributed by atoms with E-state index in [1.165, 1.54) is 21.5 Å². The Morgan fingerprint density at radius 3 is 2.11 bits per heavy atom. The van der Waals surface area contributed by atoms with Crippen LogP contribution in [0.2, 0.25) is 0 Å². The van der Waals surface area contributed by atoms with E-state index in [4.69, 9.17) is 0 Å². The Kier molecular flexibility index (Phi) is 3.24. The molecule has 18 heavy (non-hydrogen) atoms. The van der Waals surface area contributed by atoms with Crippen LogP contribution < -0.4 is 0 Å². The molecule has 0 fully saturated rings. The average molecular weight is 277 g/mol. The first-order valence-corrected chi connectivity index (χ1v) is 5.29. The highest BCUT2D eigenvalue weighted by molar-refractivity contribution is 6.21. The van der Waals surface area contributed by atoms with Crippen molar-refractivity contribution in [2.75, 3.05) is 0 Å². The summed E-state index contributed by atoms with van der Waals surface area (Å²) in [5.41, 5.74) is 0.974. The monoisotopic (exact) mass is 276 g/mol. The van der Waals surface area contributed by atoms with Gasteiger partial charge in [0.15, 0.2) is 0 Å². The molecule has 4 aromatic rings. The summed E-state index contributed by atoms with van der Waals surface area (Å²) in [7, 11) is 0. The third-order valence-electron chi connectivity index (χ3n) is 3.15. The van der Waals surface area contributed by atoms with Crippen molar-refractivity contribution in [2.24, 2.45) is 0 Å². The van der Waals surface area contributed by atoms with Gasteiger partial charge in [-0.1, -0.05) is 36.4 Å². The highest BCUT2D eigenvalue weighted by atomic mass is 35.5. The van der Waals surface area contributed by atoms with Crippen molar-refractivity contribution in [2.45, 2.75) is 0 Å². The highest BCUT2D eigenvalue weighted by Gasteiger charge is 2.07. The van der Waals surface area contributed by atoms with E-state index in [9.17, 15) is 0 Å². The first-order chi connectivity index (χ1) is 7.93. The molecule has 0 aliphatic rings. The van der Waals surface area contributed by atoms with Crippen molar-refractivity contribution in [3.63, 3.8) is 0 Å². The first kappa shape index (κ1) is 12.8. The van der Waals surface area contributed by atoms with Crippen LogP contribution in [-0.2, 0) is 0 Å². The fourth-order valence-electron chi connectivity index (χ4n) is 2.43. The molecule has 90 valence electrons. The van der Waals surface area contributed by atoms with Crippen LogP contribution in [-0.4, -0.2) is 10.2 Å². The zero-order valence-electron chi connectivity index (χ0n) is 9.33. The number of aromatic nitrogens is 2. The van der Waals surface area contributed by atoms with Gasteiger partial charge in [0.05, 0.1) is 11.7 Å². The van der Waals surface area contributed by atoms with Crippen LogP contribution in [0.1, 0.15) is 0 Å². The summed E-state index contributed by atoms with van der Waals surface area (Å²) >= 11 is 0. The zero-order valence-corrected chi connectivity index (χ0v) is 11.0. The summed E-state index contributed by atoms with van der Waals surface area (Å²) in [4.78, 5) is 0. The molecule has 0 saturated carbocycles. The maximum atomic E-state index is 4.18. The van der Waals surface area contributed by atoms with Crippen molar-refractivity contribution in [1.29, 1.82) is 0 Å². The molecule has 0 bridgehead atoms. The van der Waals surface area contributed by atoms with Crippen molar-refractivity contribution < 1.29 is 0 Å². The number of hydrogen-bond acceptors (Lipinski definition) is 2. The Balaban J connectivity index is 0.000000602. The van der Waals surface area contributed by atoms with Crippen molar-refractivity contribution in [3.05, 3.63) is 48.7 Å². The lowest BCUT2D eigenvalue weighted by molar-refractivity contribution is 1.09. The van der Waals surface area contributed by atoms with Gasteiger partial charge in [-0.2, -0.15) is 10.2 Å². The van der Waals surface area contributed by atoms with Crippen molar-refractivity contribution in [1.82, 2.24) is 10.2 Å². The van der Waals surface area contributed by atoms with E-state index >= 15 is 0 Å².